The van der Waals surface area contributed by atoms with Crippen molar-refractivity contribution < 1.29 is 5.11 Å². The number of aliphatic hydroxyl groups excluding tert-OH is 1. The van der Waals surface area contributed by atoms with E-state index in [1.54, 1.807) is 18.2 Å². The van der Waals surface area contributed by atoms with Gasteiger partial charge in [0.25, 0.3) is 0 Å². The van der Waals surface area contributed by atoms with Gasteiger partial charge in [0.05, 0.1) is 6.10 Å². The molecular formula is C12H21NO. The summed E-state index contributed by atoms with van der Waals surface area (Å²) in [6, 6.07) is 0. The molecule has 0 aliphatic carbocycles. The molecule has 0 aromatic carbocycles. The summed E-state index contributed by atoms with van der Waals surface area (Å²) in [5.74, 6) is 0. The van der Waals surface area contributed by atoms with E-state index < -0.39 is 6.10 Å². The van der Waals surface area contributed by atoms with Gasteiger partial charge in [0.2, 0.25) is 0 Å². The highest BCUT2D eigenvalue weighted by molar-refractivity contribution is 5.26. The smallest absolute Gasteiger partial charge is 0.0912 e. The molecule has 1 unspecified atom stereocenters. The molecule has 3 N–H and O–H groups in total. The highest BCUT2D eigenvalue weighted by Gasteiger charge is 2.02. The summed E-state index contributed by atoms with van der Waals surface area (Å²) < 4.78 is 0. The Balaban J connectivity index is 0. The molecule has 14 heavy (non-hydrogen) atoms. The minimum absolute atomic E-state index is 0.240. The monoisotopic (exact) mass is 195 g/mol. The molecule has 0 aromatic heterocycles. The summed E-state index contributed by atoms with van der Waals surface area (Å²) in [6.07, 6.45) is 8.23. The highest BCUT2D eigenvalue weighted by Crippen LogP contribution is 2.03. The lowest BCUT2D eigenvalue weighted by molar-refractivity contribution is 0.223. The summed E-state index contributed by atoms with van der Waals surface area (Å²) in [5.41, 5.74) is 6.07. The highest BCUT2D eigenvalue weighted by atomic mass is 16.3. The van der Waals surface area contributed by atoms with Gasteiger partial charge >= 0.3 is 0 Å². The van der Waals surface area contributed by atoms with Crippen molar-refractivity contribution in [1.82, 2.24) is 0 Å². The largest absolute Gasteiger partial charge is 0.387 e. The molecular weight excluding hydrogens is 174 g/mol. The minimum atomic E-state index is -0.579. The molecule has 0 bridgehead atoms. The lowest BCUT2D eigenvalue weighted by atomic mass is 10.1. The van der Waals surface area contributed by atoms with Crippen LogP contribution in [-0.4, -0.2) is 17.8 Å². The van der Waals surface area contributed by atoms with Gasteiger partial charge in [0, 0.05) is 6.54 Å². The fraction of sp³-hybridized carbons (Fsp3) is 0.333. The molecule has 0 radical (unpaired) electrons. The van der Waals surface area contributed by atoms with Gasteiger partial charge in [-0.05, 0) is 19.4 Å². The Morgan fingerprint density at radius 2 is 1.93 bits per heavy atom. The fourth-order valence-corrected chi connectivity index (χ4v) is 0.742. The topological polar surface area (TPSA) is 46.2 Å². The SMILES string of the molecule is C=C/C=C(\C=C/C)C(O)CN.C=CC. The molecule has 0 rings (SSSR count). The minimum Gasteiger partial charge on any atom is -0.387 e. The van der Waals surface area contributed by atoms with Crippen LogP contribution in [0.3, 0.4) is 0 Å². The molecule has 1 atom stereocenters. The normalized spacial score (nSPS) is 13.0. The van der Waals surface area contributed by atoms with Gasteiger partial charge in [-0.2, -0.15) is 0 Å². The Bertz CT molecular complexity index is 204. The van der Waals surface area contributed by atoms with Crippen molar-refractivity contribution in [3.05, 3.63) is 49.1 Å². The molecule has 0 saturated carbocycles. The fourth-order valence-electron chi connectivity index (χ4n) is 0.742. The Hall–Kier alpha value is -1.12. The van der Waals surface area contributed by atoms with Crippen molar-refractivity contribution >= 4 is 0 Å². The zero-order chi connectivity index (χ0) is 11.4. The van der Waals surface area contributed by atoms with E-state index in [1.165, 1.54) is 0 Å². The van der Waals surface area contributed by atoms with Crippen molar-refractivity contribution in [1.29, 1.82) is 0 Å². The average molecular weight is 195 g/mol. The number of aliphatic hydroxyl groups is 1. The second-order valence-corrected chi connectivity index (χ2v) is 2.56. The van der Waals surface area contributed by atoms with E-state index in [0.29, 0.717) is 0 Å². The third-order valence-corrected chi connectivity index (χ3v) is 1.28. The number of rotatable bonds is 4. The van der Waals surface area contributed by atoms with Crippen LogP contribution in [0.4, 0.5) is 0 Å². The first kappa shape index (κ1) is 15.4. The Kier molecular flexibility index (Phi) is 13.0. The van der Waals surface area contributed by atoms with Crippen molar-refractivity contribution in [2.45, 2.75) is 20.0 Å². The van der Waals surface area contributed by atoms with E-state index in [0.717, 1.165) is 5.57 Å². The van der Waals surface area contributed by atoms with Crippen LogP contribution in [0.1, 0.15) is 13.8 Å². The van der Waals surface area contributed by atoms with Crippen LogP contribution in [0.2, 0.25) is 0 Å². The number of nitrogens with two attached hydrogens (primary N) is 1. The zero-order valence-corrected chi connectivity index (χ0v) is 9.11. The number of hydrogen-bond acceptors (Lipinski definition) is 2. The van der Waals surface area contributed by atoms with Gasteiger partial charge in [0.15, 0.2) is 0 Å². The Morgan fingerprint density at radius 1 is 1.43 bits per heavy atom. The summed E-state index contributed by atoms with van der Waals surface area (Å²) >= 11 is 0. The maximum absolute atomic E-state index is 9.29. The van der Waals surface area contributed by atoms with Gasteiger partial charge < -0.3 is 10.8 Å². The second-order valence-electron chi connectivity index (χ2n) is 2.56. The number of allylic oxidation sites excluding steroid dienone is 4. The van der Waals surface area contributed by atoms with Crippen molar-refractivity contribution in [3.63, 3.8) is 0 Å². The molecule has 0 heterocycles. The van der Waals surface area contributed by atoms with Crippen molar-refractivity contribution in [3.8, 4) is 0 Å². The maximum Gasteiger partial charge on any atom is 0.0912 e. The Labute approximate surface area is 87.1 Å². The van der Waals surface area contributed by atoms with Crippen LogP contribution >= 0.6 is 0 Å². The predicted molar refractivity (Wildman–Crippen MR) is 64.0 cm³/mol. The van der Waals surface area contributed by atoms with E-state index >= 15 is 0 Å². The zero-order valence-electron chi connectivity index (χ0n) is 9.11. The third-order valence-electron chi connectivity index (χ3n) is 1.28. The first-order chi connectivity index (χ1) is 6.67. The van der Waals surface area contributed by atoms with Crippen molar-refractivity contribution in [2.24, 2.45) is 5.73 Å². The summed E-state index contributed by atoms with van der Waals surface area (Å²) in [7, 11) is 0. The quantitative estimate of drug-likeness (QED) is 0.533. The van der Waals surface area contributed by atoms with E-state index in [9.17, 15) is 5.11 Å². The summed E-state index contributed by atoms with van der Waals surface area (Å²) in [6.45, 7) is 10.9. The van der Waals surface area contributed by atoms with Crippen LogP contribution in [-0.2, 0) is 0 Å². The molecule has 0 fully saturated rings. The summed E-state index contributed by atoms with van der Waals surface area (Å²) in [4.78, 5) is 0. The average Bonchev–Trinajstić information content (AvgIpc) is 2.17. The van der Waals surface area contributed by atoms with Gasteiger partial charge in [0.1, 0.15) is 0 Å². The van der Waals surface area contributed by atoms with E-state index in [1.807, 2.05) is 26.0 Å². The number of hydrogen-bond donors (Lipinski definition) is 2. The van der Waals surface area contributed by atoms with E-state index in [-0.39, 0.29) is 6.54 Å². The lowest BCUT2D eigenvalue weighted by Crippen LogP contribution is -2.20. The Morgan fingerprint density at radius 3 is 2.21 bits per heavy atom. The first-order valence-electron chi connectivity index (χ1n) is 4.58. The molecule has 2 nitrogen and oxygen atoms in total. The van der Waals surface area contributed by atoms with Crippen LogP contribution in [0, 0.1) is 0 Å². The van der Waals surface area contributed by atoms with Crippen LogP contribution in [0.25, 0.3) is 0 Å². The summed E-state index contributed by atoms with van der Waals surface area (Å²) in [5, 5.41) is 9.29. The molecule has 0 amide bonds. The lowest BCUT2D eigenvalue weighted by Gasteiger charge is -2.07. The molecule has 0 aliphatic heterocycles. The molecule has 2 heteroatoms. The van der Waals surface area contributed by atoms with Gasteiger partial charge in [-0.15, -0.1) is 6.58 Å². The van der Waals surface area contributed by atoms with Gasteiger partial charge in [-0.1, -0.05) is 37.0 Å². The standard InChI is InChI=1S/C9H15NO.C3H6/c1-3-5-8(6-4-2)9(11)7-10;1-3-2/h3-6,9,11H,1,7,10H2,2H3;3H,1H2,2H3/b6-4-,8-5+;. The third kappa shape index (κ3) is 8.97. The van der Waals surface area contributed by atoms with Gasteiger partial charge in [-0.3, -0.25) is 0 Å². The molecule has 0 saturated heterocycles. The first-order valence-corrected chi connectivity index (χ1v) is 4.58. The molecule has 0 spiro atoms. The van der Waals surface area contributed by atoms with Crippen molar-refractivity contribution in [2.75, 3.05) is 6.54 Å². The predicted octanol–water partition coefficient (Wildman–Crippen LogP) is 2.19. The van der Waals surface area contributed by atoms with Gasteiger partial charge in [-0.25, -0.2) is 0 Å². The van der Waals surface area contributed by atoms with E-state index in [2.05, 4.69) is 13.2 Å². The van der Waals surface area contributed by atoms with Crippen LogP contribution in [0.15, 0.2) is 49.1 Å². The van der Waals surface area contributed by atoms with Crippen LogP contribution < -0.4 is 5.73 Å². The molecule has 0 aromatic rings. The second kappa shape index (κ2) is 11.9. The molecule has 80 valence electrons. The maximum atomic E-state index is 9.29. The molecule has 0 aliphatic rings. The van der Waals surface area contributed by atoms with E-state index in [4.69, 9.17) is 5.73 Å². The van der Waals surface area contributed by atoms with Crippen LogP contribution in [0.5, 0.6) is 0 Å².